The number of morpholine rings is 1. The second-order valence-corrected chi connectivity index (χ2v) is 6.94. The van der Waals surface area contributed by atoms with Gasteiger partial charge in [-0.05, 0) is 43.7 Å². The first kappa shape index (κ1) is 17.7. The van der Waals surface area contributed by atoms with Gasteiger partial charge in [0.25, 0.3) is 0 Å². The summed E-state index contributed by atoms with van der Waals surface area (Å²) in [5.74, 6) is -0.897. The van der Waals surface area contributed by atoms with Crippen molar-refractivity contribution in [2.24, 2.45) is 0 Å². The zero-order valence-electron chi connectivity index (χ0n) is 15.6. The lowest BCUT2D eigenvalue weighted by molar-refractivity contribution is 0.0187. The summed E-state index contributed by atoms with van der Waals surface area (Å²) in [7, 11) is 0. The van der Waals surface area contributed by atoms with Gasteiger partial charge in [0.05, 0.1) is 24.5 Å². The molecule has 3 aromatic heterocycles. The zero-order valence-corrected chi connectivity index (χ0v) is 15.6. The number of pyridine rings is 2. The van der Waals surface area contributed by atoms with Crippen LogP contribution in [0.25, 0.3) is 16.8 Å². The van der Waals surface area contributed by atoms with Crippen LogP contribution >= 0.6 is 0 Å². The van der Waals surface area contributed by atoms with Gasteiger partial charge in [0.1, 0.15) is 0 Å². The van der Waals surface area contributed by atoms with Gasteiger partial charge in [-0.15, -0.1) is 0 Å². The summed E-state index contributed by atoms with van der Waals surface area (Å²) in [5, 5.41) is 9.71. The molecule has 0 amide bonds. The molecule has 27 heavy (non-hydrogen) atoms. The fourth-order valence-corrected chi connectivity index (χ4v) is 3.92. The number of carboxylic acid groups (broad SMARTS) is 1. The van der Waals surface area contributed by atoms with E-state index in [9.17, 15) is 9.90 Å². The number of carboxylic acids is 1. The van der Waals surface area contributed by atoms with Gasteiger partial charge < -0.3 is 14.2 Å². The molecule has 140 valence electrons. The number of hydrogen-bond donors (Lipinski definition) is 1. The van der Waals surface area contributed by atoms with Crippen LogP contribution in [0.15, 0.2) is 42.7 Å². The standard InChI is InChI=1S/C21H23N3O3/c1-14-18(21(25)26)12-17-11-16(19-5-3-4-6-22-19)13-24(17)20(14)15(2)23-7-9-27-10-8-23/h3-6,11-13,15H,7-10H2,1-2H3,(H,25,26). The van der Waals surface area contributed by atoms with Crippen LogP contribution in [0.1, 0.15) is 34.6 Å². The van der Waals surface area contributed by atoms with Crippen LogP contribution in [0.3, 0.4) is 0 Å². The van der Waals surface area contributed by atoms with Gasteiger partial charge in [0.2, 0.25) is 0 Å². The summed E-state index contributed by atoms with van der Waals surface area (Å²) in [6.45, 7) is 7.13. The molecule has 0 radical (unpaired) electrons. The second-order valence-electron chi connectivity index (χ2n) is 6.94. The molecule has 1 aliphatic heterocycles. The summed E-state index contributed by atoms with van der Waals surface area (Å²) in [4.78, 5) is 18.6. The zero-order chi connectivity index (χ0) is 19.0. The quantitative estimate of drug-likeness (QED) is 0.767. The molecule has 1 saturated heterocycles. The third kappa shape index (κ3) is 3.22. The third-order valence-corrected chi connectivity index (χ3v) is 5.37. The smallest absolute Gasteiger partial charge is 0.336 e. The Morgan fingerprint density at radius 2 is 2.04 bits per heavy atom. The highest BCUT2D eigenvalue weighted by Crippen LogP contribution is 2.31. The lowest BCUT2D eigenvalue weighted by atomic mass is 10.0. The second kappa shape index (κ2) is 7.13. The number of hydrogen-bond acceptors (Lipinski definition) is 4. The molecule has 0 aliphatic carbocycles. The molecule has 0 saturated carbocycles. The minimum atomic E-state index is -0.897. The predicted octanol–water partition coefficient (Wildman–Crippen LogP) is 3.40. The number of carbonyl (C=O) groups is 1. The molecule has 1 unspecified atom stereocenters. The van der Waals surface area contributed by atoms with E-state index in [1.165, 1.54) is 0 Å². The molecule has 3 aromatic rings. The molecular formula is C21H23N3O3. The number of rotatable bonds is 4. The van der Waals surface area contributed by atoms with Crippen LogP contribution in [0.5, 0.6) is 0 Å². The van der Waals surface area contributed by atoms with E-state index in [-0.39, 0.29) is 6.04 Å². The molecule has 1 N–H and O–H groups in total. The van der Waals surface area contributed by atoms with Gasteiger partial charge in [-0.2, -0.15) is 0 Å². The van der Waals surface area contributed by atoms with Crippen LogP contribution in [0.4, 0.5) is 0 Å². The fourth-order valence-electron chi connectivity index (χ4n) is 3.92. The van der Waals surface area contributed by atoms with Crippen LogP contribution in [0, 0.1) is 6.92 Å². The third-order valence-electron chi connectivity index (χ3n) is 5.37. The number of aromatic nitrogens is 2. The molecule has 0 bridgehead atoms. The maximum absolute atomic E-state index is 11.8. The Bertz CT molecular complexity index is 975. The molecule has 1 fully saturated rings. The first-order valence-corrected chi connectivity index (χ1v) is 9.18. The van der Waals surface area contributed by atoms with Crippen LogP contribution in [0.2, 0.25) is 0 Å². The van der Waals surface area contributed by atoms with Crippen molar-refractivity contribution in [3.63, 3.8) is 0 Å². The summed E-state index contributed by atoms with van der Waals surface area (Å²) in [5.41, 5.74) is 4.89. The van der Waals surface area contributed by atoms with E-state index in [4.69, 9.17) is 4.74 Å². The van der Waals surface area contributed by atoms with Crippen LogP contribution in [-0.2, 0) is 4.74 Å². The largest absolute Gasteiger partial charge is 0.478 e. The molecule has 1 aliphatic rings. The van der Waals surface area contributed by atoms with Crippen molar-refractivity contribution in [1.82, 2.24) is 14.3 Å². The first-order chi connectivity index (χ1) is 13.1. The monoisotopic (exact) mass is 365 g/mol. The van der Waals surface area contributed by atoms with Gasteiger partial charge >= 0.3 is 5.97 Å². The molecule has 4 heterocycles. The van der Waals surface area contributed by atoms with E-state index in [0.717, 1.165) is 41.1 Å². The van der Waals surface area contributed by atoms with Crippen molar-refractivity contribution in [1.29, 1.82) is 0 Å². The maximum atomic E-state index is 11.8. The van der Waals surface area contributed by atoms with Gasteiger partial charge in [0, 0.05) is 48.3 Å². The lowest BCUT2D eigenvalue weighted by Crippen LogP contribution is -2.39. The van der Waals surface area contributed by atoms with E-state index in [1.54, 1.807) is 12.3 Å². The first-order valence-electron chi connectivity index (χ1n) is 9.18. The highest BCUT2D eigenvalue weighted by Gasteiger charge is 2.25. The van der Waals surface area contributed by atoms with Gasteiger partial charge in [-0.3, -0.25) is 9.88 Å². The molecule has 1 atom stereocenters. The summed E-state index contributed by atoms with van der Waals surface area (Å²) in [6.07, 6.45) is 3.82. The van der Waals surface area contributed by atoms with E-state index in [2.05, 4.69) is 27.4 Å². The Kier molecular flexibility index (Phi) is 4.68. The van der Waals surface area contributed by atoms with Crippen molar-refractivity contribution in [2.75, 3.05) is 26.3 Å². The highest BCUT2D eigenvalue weighted by atomic mass is 16.5. The predicted molar refractivity (Wildman–Crippen MR) is 103 cm³/mol. The van der Waals surface area contributed by atoms with Crippen LogP contribution in [-0.4, -0.2) is 51.7 Å². The van der Waals surface area contributed by atoms with Crippen molar-refractivity contribution < 1.29 is 14.6 Å². The number of aromatic carboxylic acids is 1. The van der Waals surface area contributed by atoms with E-state index >= 15 is 0 Å². The highest BCUT2D eigenvalue weighted by molar-refractivity contribution is 5.91. The Labute approximate surface area is 158 Å². The maximum Gasteiger partial charge on any atom is 0.336 e. The Hall–Kier alpha value is -2.70. The van der Waals surface area contributed by atoms with Gasteiger partial charge in [-0.1, -0.05) is 6.07 Å². The minimum absolute atomic E-state index is 0.0830. The number of ether oxygens (including phenoxy) is 1. The van der Waals surface area contributed by atoms with E-state index in [1.807, 2.05) is 31.2 Å². The molecule has 4 rings (SSSR count). The number of fused-ring (bicyclic) bond motifs is 1. The van der Waals surface area contributed by atoms with Crippen molar-refractivity contribution in [2.45, 2.75) is 19.9 Å². The normalized spacial score (nSPS) is 16.5. The Balaban J connectivity index is 1.90. The summed E-state index contributed by atoms with van der Waals surface area (Å²) in [6, 6.07) is 9.64. The topological polar surface area (TPSA) is 67.1 Å². The van der Waals surface area contributed by atoms with Gasteiger partial charge in [-0.25, -0.2) is 4.79 Å². The minimum Gasteiger partial charge on any atom is -0.478 e. The van der Waals surface area contributed by atoms with E-state index < -0.39 is 5.97 Å². The lowest BCUT2D eigenvalue weighted by Gasteiger charge is -2.33. The molecule has 6 heteroatoms. The average Bonchev–Trinajstić information content (AvgIpc) is 3.12. The SMILES string of the molecule is Cc1c(C(=O)O)cc2cc(-c3ccccn3)cn2c1C(C)N1CCOCC1. The summed E-state index contributed by atoms with van der Waals surface area (Å²) < 4.78 is 7.59. The summed E-state index contributed by atoms with van der Waals surface area (Å²) >= 11 is 0. The van der Waals surface area contributed by atoms with Crippen molar-refractivity contribution in [3.8, 4) is 11.3 Å². The van der Waals surface area contributed by atoms with Crippen molar-refractivity contribution >= 4 is 11.5 Å². The average molecular weight is 365 g/mol. The van der Waals surface area contributed by atoms with Gasteiger partial charge in [0.15, 0.2) is 0 Å². The number of nitrogens with zero attached hydrogens (tertiary/aromatic N) is 3. The molecular weight excluding hydrogens is 342 g/mol. The van der Waals surface area contributed by atoms with E-state index in [0.29, 0.717) is 18.8 Å². The molecule has 0 spiro atoms. The molecule has 0 aromatic carbocycles. The van der Waals surface area contributed by atoms with Crippen LogP contribution < -0.4 is 0 Å². The Morgan fingerprint density at radius 1 is 1.26 bits per heavy atom. The fraction of sp³-hybridized carbons (Fsp3) is 0.333. The Morgan fingerprint density at radius 3 is 2.70 bits per heavy atom. The van der Waals surface area contributed by atoms with Crippen molar-refractivity contribution in [3.05, 3.63) is 59.5 Å². The molecule has 6 nitrogen and oxygen atoms in total.